The number of hydrogen-bond acceptors (Lipinski definition) is 4. The zero-order valence-electron chi connectivity index (χ0n) is 14.1. The smallest absolute Gasteiger partial charge is 0.257 e. The number of nitrogens with zero attached hydrogens (tertiary/aromatic N) is 3. The van der Waals surface area contributed by atoms with Gasteiger partial charge in [-0.2, -0.15) is 4.98 Å². The van der Waals surface area contributed by atoms with E-state index in [4.69, 9.17) is 4.52 Å². The SMILES string of the molecule is Cc1ccccc1CN1CC(c2noc(-c3ccccc3)n2)CC1=O. The zero-order valence-corrected chi connectivity index (χ0v) is 14.1. The van der Waals surface area contributed by atoms with Crippen LogP contribution < -0.4 is 0 Å². The Balaban J connectivity index is 1.49. The van der Waals surface area contributed by atoms with Crippen molar-refractivity contribution in [3.63, 3.8) is 0 Å². The van der Waals surface area contributed by atoms with Crippen LogP contribution in [0.4, 0.5) is 0 Å². The molecule has 0 aliphatic carbocycles. The van der Waals surface area contributed by atoms with E-state index in [0.29, 0.717) is 31.2 Å². The van der Waals surface area contributed by atoms with Gasteiger partial charge in [0.2, 0.25) is 5.91 Å². The average molecular weight is 333 g/mol. The van der Waals surface area contributed by atoms with Gasteiger partial charge >= 0.3 is 0 Å². The van der Waals surface area contributed by atoms with Crippen LogP contribution in [-0.4, -0.2) is 27.5 Å². The second-order valence-electron chi connectivity index (χ2n) is 6.43. The quantitative estimate of drug-likeness (QED) is 0.732. The summed E-state index contributed by atoms with van der Waals surface area (Å²) in [6, 6.07) is 17.8. The van der Waals surface area contributed by atoms with Gasteiger partial charge < -0.3 is 9.42 Å². The van der Waals surface area contributed by atoms with Gasteiger partial charge in [-0.1, -0.05) is 47.6 Å². The summed E-state index contributed by atoms with van der Waals surface area (Å²) in [4.78, 5) is 18.8. The van der Waals surface area contributed by atoms with Gasteiger partial charge in [-0.15, -0.1) is 0 Å². The molecule has 0 bridgehead atoms. The average Bonchev–Trinajstić information content (AvgIpc) is 3.25. The fourth-order valence-electron chi connectivity index (χ4n) is 3.19. The number of rotatable bonds is 4. The zero-order chi connectivity index (χ0) is 17.2. The Labute approximate surface area is 146 Å². The molecular weight excluding hydrogens is 314 g/mol. The monoisotopic (exact) mass is 333 g/mol. The molecule has 0 radical (unpaired) electrons. The number of amides is 1. The maximum Gasteiger partial charge on any atom is 0.257 e. The molecule has 0 N–H and O–H groups in total. The van der Waals surface area contributed by atoms with Crippen molar-refractivity contribution in [2.75, 3.05) is 6.54 Å². The topological polar surface area (TPSA) is 59.2 Å². The van der Waals surface area contributed by atoms with E-state index in [1.165, 1.54) is 11.1 Å². The van der Waals surface area contributed by atoms with Gasteiger partial charge in [0.1, 0.15) is 0 Å². The standard InChI is InChI=1S/C20H19N3O2/c1-14-7-5-6-10-16(14)12-23-13-17(11-18(23)24)19-21-20(25-22-19)15-8-3-2-4-9-15/h2-10,17H,11-13H2,1H3. The Morgan fingerprint density at radius 2 is 1.88 bits per heavy atom. The lowest BCUT2D eigenvalue weighted by atomic mass is 10.1. The summed E-state index contributed by atoms with van der Waals surface area (Å²) in [5, 5.41) is 4.10. The van der Waals surface area contributed by atoms with Crippen LogP contribution in [0.25, 0.3) is 11.5 Å². The molecule has 1 aliphatic rings. The van der Waals surface area contributed by atoms with E-state index in [-0.39, 0.29) is 11.8 Å². The number of aromatic nitrogens is 2. The Bertz CT molecular complexity index is 889. The maximum atomic E-state index is 12.4. The van der Waals surface area contributed by atoms with Crippen LogP contribution in [-0.2, 0) is 11.3 Å². The molecule has 1 atom stereocenters. The first-order chi connectivity index (χ1) is 12.2. The van der Waals surface area contributed by atoms with Gasteiger partial charge in [0.05, 0.1) is 0 Å². The third kappa shape index (κ3) is 3.18. The largest absolute Gasteiger partial charge is 0.338 e. The fourth-order valence-corrected chi connectivity index (χ4v) is 3.19. The van der Waals surface area contributed by atoms with Gasteiger partial charge in [-0.3, -0.25) is 4.79 Å². The third-order valence-corrected chi connectivity index (χ3v) is 4.66. The van der Waals surface area contributed by atoms with E-state index in [2.05, 4.69) is 29.2 Å². The summed E-state index contributed by atoms with van der Waals surface area (Å²) in [6.07, 6.45) is 0.430. The fraction of sp³-hybridized carbons (Fsp3) is 0.250. The second-order valence-corrected chi connectivity index (χ2v) is 6.43. The molecule has 1 aromatic heterocycles. The lowest BCUT2D eigenvalue weighted by molar-refractivity contribution is -0.128. The van der Waals surface area contributed by atoms with Crippen LogP contribution in [0, 0.1) is 6.92 Å². The Morgan fingerprint density at radius 3 is 2.68 bits per heavy atom. The van der Waals surface area contributed by atoms with Crippen molar-refractivity contribution in [1.29, 1.82) is 0 Å². The van der Waals surface area contributed by atoms with E-state index in [0.717, 1.165) is 5.56 Å². The normalized spacial score (nSPS) is 17.2. The van der Waals surface area contributed by atoms with Gasteiger partial charge in [0, 0.05) is 31.0 Å². The molecule has 2 heterocycles. The molecule has 5 nitrogen and oxygen atoms in total. The predicted octanol–water partition coefficient (Wildman–Crippen LogP) is 3.56. The van der Waals surface area contributed by atoms with Crippen LogP contribution >= 0.6 is 0 Å². The highest BCUT2D eigenvalue weighted by atomic mass is 16.5. The van der Waals surface area contributed by atoms with E-state index >= 15 is 0 Å². The summed E-state index contributed by atoms with van der Waals surface area (Å²) in [5.74, 6) is 1.23. The van der Waals surface area contributed by atoms with E-state index in [9.17, 15) is 4.79 Å². The number of aryl methyl sites for hydroxylation is 1. The summed E-state index contributed by atoms with van der Waals surface area (Å²) in [5.41, 5.74) is 3.27. The van der Waals surface area contributed by atoms with Crippen LogP contribution in [0.15, 0.2) is 59.1 Å². The number of benzene rings is 2. The van der Waals surface area contributed by atoms with Crippen LogP contribution in [0.5, 0.6) is 0 Å². The van der Waals surface area contributed by atoms with Crippen molar-refractivity contribution < 1.29 is 9.32 Å². The molecular formula is C20H19N3O2. The van der Waals surface area contributed by atoms with Crippen LogP contribution in [0.1, 0.15) is 29.3 Å². The molecule has 126 valence electrons. The first kappa shape index (κ1) is 15.6. The molecule has 0 spiro atoms. The molecule has 25 heavy (non-hydrogen) atoms. The molecule has 1 saturated heterocycles. The predicted molar refractivity (Wildman–Crippen MR) is 93.7 cm³/mol. The summed E-state index contributed by atoms with van der Waals surface area (Å²) in [7, 11) is 0. The minimum Gasteiger partial charge on any atom is -0.338 e. The molecule has 5 heteroatoms. The van der Waals surface area contributed by atoms with Crippen molar-refractivity contribution in [3.8, 4) is 11.5 Å². The first-order valence-electron chi connectivity index (χ1n) is 8.42. The third-order valence-electron chi connectivity index (χ3n) is 4.66. The number of likely N-dealkylation sites (tertiary alicyclic amines) is 1. The molecule has 1 fully saturated rings. The minimum absolute atomic E-state index is 0.0160. The van der Waals surface area contributed by atoms with E-state index < -0.39 is 0 Å². The van der Waals surface area contributed by atoms with E-state index in [1.54, 1.807) is 0 Å². The van der Waals surface area contributed by atoms with E-state index in [1.807, 2.05) is 47.4 Å². The number of carbonyl (C=O) groups excluding carboxylic acids is 1. The molecule has 1 aliphatic heterocycles. The Kier molecular flexibility index (Phi) is 4.06. The molecule has 1 amide bonds. The van der Waals surface area contributed by atoms with Gasteiger partial charge in [0.25, 0.3) is 5.89 Å². The highest BCUT2D eigenvalue weighted by molar-refractivity contribution is 5.79. The lowest BCUT2D eigenvalue weighted by Gasteiger charge is -2.17. The summed E-state index contributed by atoms with van der Waals surface area (Å²) < 4.78 is 5.38. The lowest BCUT2D eigenvalue weighted by Crippen LogP contribution is -2.24. The number of carbonyl (C=O) groups is 1. The first-order valence-corrected chi connectivity index (χ1v) is 8.42. The summed E-state index contributed by atoms with van der Waals surface area (Å²) >= 11 is 0. The summed E-state index contributed by atoms with van der Waals surface area (Å²) in [6.45, 7) is 3.32. The molecule has 2 aromatic carbocycles. The molecule has 0 saturated carbocycles. The molecule has 1 unspecified atom stereocenters. The van der Waals surface area contributed by atoms with Crippen molar-refractivity contribution >= 4 is 5.91 Å². The highest BCUT2D eigenvalue weighted by Gasteiger charge is 2.33. The Hall–Kier alpha value is -2.95. The van der Waals surface area contributed by atoms with Crippen molar-refractivity contribution in [2.45, 2.75) is 25.8 Å². The maximum absolute atomic E-state index is 12.4. The van der Waals surface area contributed by atoms with Crippen molar-refractivity contribution in [1.82, 2.24) is 15.0 Å². The van der Waals surface area contributed by atoms with Gasteiger partial charge in [-0.05, 0) is 30.2 Å². The molecule has 3 aromatic rings. The van der Waals surface area contributed by atoms with Crippen LogP contribution in [0.2, 0.25) is 0 Å². The minimum atomic E-state index is -0.0160. The van der Waals surface area contributed by atoms with Crippen molar-refractivity contribution in [3.05, 3.63) is 71.5 Å². The Morgan fingerprint density at radius 1 is 1.12 bits per heavy atom. The van der Waals surface area contributed by atoms with Crippen molar-refractivity contribution in [2.24, 2.45) is 0 Å². The number of hydrogen-bond donors (Lipinski definition) is 0. The van der Waals surface area contributed by atoms with Gasteiger partial charge in [-0.25, -0.2) is 0 Å². The van der Waals surface area contributed by atoms with Gasteiger partial charge in [0.15, 0.2) is 5.82 Å². The second kappa shape index (κ2) is 6.51. The van der Waals surface area contributed by atoms with Crippen LogP contribution in [0.3, 0.4) is 0 Å². The highest BCUT2D eigenvalue weighted by Crippen LogP contribution is 2.29. The molecule has 4 rings (SSSR count).